The fourth-order valence-electron chi connectivity index (χ4n) is 3.34. The number of hydrogen-bond acceptors (Lipinski definition) is 5. The minimum Gasteiger partial charge on any atom is -0.379 e. The topological polar surface area (TPSA) is 96.3 Å². The van der Waals surface area contributed by atoms with Crippen molar-refractivity contribution < 1.29 is 17.4 Å². The number of carbonyl (C=O) groups excluding carboxylic acids is 1. The number of nitriles is 1. The van der Waals surface area contributed by atoms with Crippen molar-refractivity contribution in [2.45, 2.75) is 11.8 Å². The van der Waals surface area contributed by atoms with Crippen LogP contribution < -0.4 is 9.50 Å². The lowest BCUT2D eigenvalue weighted by Crippen LogP contribution is -2.14. The van der Waals surface area contributed by atoms with Gasteiger partial charge in [0, 0.05) is 5.69 Å². The van der Waals surface area contributed by atoms with Crippen molar-refractivity contribution >= 4 is 38.6 Å². The van der Waals surface area contributed by atoms with E-state index in [1.807, 2.05) is 49.4 Å². The number of benzene rings is 4. The summed E-state index contributed by atoms with van der Waals surface area (Å²) >= 11 is 0. The van der Waals surface area contributed by atoms with Crippen molar-refractivity contribution in [3.8, 4) is 11.8 Å². The van der Waals surface area contributed by atoms with Gasteiger partial charge in [-0.2, -0.15) is 13.7 Å². The summed E-state index contributed by atoms with van der Waals surface area (Å²) in [4.78, 5) is 12.5. The molecule has 0 fully saturated rings. The van der Waals surface area contributed by atoms with Gasteiger partial charge < -0.3 is 9.50 Å². The summed E-state index contributed by atoms with van der Waals surface area (Å²) in [5.41, 5.74) is 1.96. The molecule has 6 nitrogen and oxygen atoms in total. The number of para-hydroxylation sites is 1. The summed E-state index contributed by atoms with van der Waals surface area (Å²) in [6, 6.07) is 27.5. The first-order chi connectivity index (χ1) is 16.4. The lowest BCUT2D eigenvalue weighted by molar-refractivity contribution is -0.112. The Bertz CT molecular complexity index is 1550. The van der Waals surface area contributed by atoms with Crippen molar-refractivity contribution in [2.24, 2.45) is 0 Å². The highest BCUT2D eigenvalue weighted by atomic mass is 32.2. The highest BCUT2D eigenvalue weighted by molar-refractivity contribution is 7.87. The highest BCUT2D eigenvalue weighted by Gasteiger charge is 2.17. The van der Waals surface area contributed by atoms with Crippen molar-refractivity contribution in [1.82, 2.24) is 0 Å². The van der Waals surface area contributed by atoms with Gasteiger partial charge in [-0.1, -0.05) is 60.7 Å². The Morgan fingerprint density at radius 3 is 2.29 bits per heavy atom. The Hall–Kier alpha value is -4.41. The summed E-state index contributed by atoms with van der Waals surface area (Å²) in [5.74, 6) is -0.413. The van der Waals surface area contributed by atoms with Crippen molar-refractivity contribution in [3.05, 3.63) is 108 Å². The number of aryl methyl sites for hydroxylation is 1. The van der Waals surface area contributed by atoms with Gasteiger partial charge >= 0.3 is 10.1 Å². The standard InChI is InChI=1S/C27H20N2O4S/c1-19-6-2-5-9-26(19)29-27(30)23(18-28)16-20-10-13-24(14-11-20)33-34(31,32)25-15-12-21-7-3-4-8-22(21)17-25/h2-17H,1H3,(H,29,30)/b23-16+. The molecule has 0 radical (unpaired) electrons. The maximum Gasteiger partial charge on any atom is 0.339 e. The Morgan fingerprint density at radius 2 is 1.59 bits per heavy atom. The second kappa shape index (κ2) is 9.61. The van der Waals surface area contributed by atoms with E-state index >= 15 is 0 Å². The van der Waals surface area contributed by atoms with E-state index in [1.165, 1.54) is 24.3 Å². The van der Waals surface area contributed by atoms with Crippen LogP contribution >= 0.6 is 0 Å². The Kier molecular flexibility index (Phi) is 6.44. The van der Waals surface area contributed by atoms with Crippen LogP contribution in [0.2, 0.25) is 0 Å². The van der Waals surface area contributed by atoms with Crippen molar-refractivity contribution in [3.63, 3.8) is 0 Å². The third-order valence-corrected chi connectivity index (χ3v) is 6.41. The van der Waals surface area contributed by atoms with E-state index in [1.54, 1.807) is 36.4 Å². The van der Waals surface area contributed by atoms with E-state index in [2.05, 4.69) is 5.32 Å². The van der Waals surface area contributed by atoms with E-state index in [4.69, 9.17) is 4.18 Å². The zero-order chi connectivity index (χ0) is 24.1. The SMILES string of the molecule is Cc1ccccc1NC(=O)/C(C#N)=C/c1ccc(OS(=O)(=O)c2ccc3ccccc3c2)cc1. The maximum absolute atomic E-state index is 12.7. The molecule has 7 heteroatoms. The zero-order valence-electron chi connectivity index (χ0n) is 18.2. The van der Waals surface area contributed by atoms with Crippen LogP contribution in [0.3, 0.4) is 0 Å². The molecule has 4 aromatic rings. The fraction of sp³-hybridized carbons (Fsp3) is 0.0370. The monoisotopic (exact) mass is 468 g/mol. The van der Waals surface area contributed by atoms with Crippen LogP contribution in [0.25, 0.3) is 16.8 Å². The minimum absolute atomic E-state index is 0.0508. The van der Waals surface area contributed by atoms with Gasteiger partial charge in [-0.05, 0) is 65.2 Å². The average molecular weight is 469 g/mol. The van der Waals surface area contributed by atoms with Gasteiger partial charge in [-0.15, -0.1) is 0 Å². The first kappa shape index (κ1) is 22.8. The molecule has 0 atom stereocenters. The zero-order valence-corrected chi connectivity index (χ0v) is 19.0. The molecule has 1 amide bonds. The fourth-order valence-corrected chi connectivity index (χ4v) is 4.30. The van der Waals surface area contributed by atoms with E-state index in [9.17, 15) is 18.5 Å². The molecule has 0 aromatic heterocycles. The normalized spacial score (nSPS) is 11.6. The molecule has 4 aromatic carbocycles. The van der Waals surface area contributed by atoms with Gasteiger partial charge in [0.2, 0.25) is 0 Å². The predicted molar refractivity (Wildman–Crippen MR) is 132 cm³/mol. The highest BCUT2D eigenvalue weighted by Crippen LogP contribution is 2.24. The number of carbonyl (C=O) groups is 1. The Morgan fingerprint density at radius 1 is 0.912 bits per heavy atom. The first-order valence-corrected chi connectivity index (χ1v) is 11.8. The lowest BCUT2D eigenvalue weighted by Gasteiger charge is -2.09. The van der Waals surface area contributed by atoms with Gasteiger partial charge in [0.1, 0.15) is 22.3 Å². The third-order valence-electron chi connectivity index (χ3n) is 5.16. The van der Waals surface area contributed by atoms with Crippen LogP contribution in [-0.4, -0.2) is 14.3 Å². The smallest absolute Gasteiger partial charge is 0.339 e. The number of rotatable bonds is 6. The molecule has 0 unspecified atom stereocenters. The molecule has 168 valence electrons. The summed E-state index contributed by atoms with van der Waals surface area (Å²) in [6.07, 6.45) is 1.43. The number of nitrogens with one attached hydrogen (secondary N) is 1. The predicted octanol–water partition coefficient (Wildman–Crippen LogP) is 5.46. The van der Waals surface area contributed by atoms with Crippen LogP contribution in [0, 0.1) is 18.3 Å². The van der Waals surface area contributed by atoms with Crippen LogP contribution in [0.5, 0.6) is 5.75 Å². The summed E-state index contributed by atoms with van der Waals surface area (Å²) < 4.78 is 30.7. The quantitative estimate of drug-likeness (QED) is 0.230. The first-order valence-electron chi connectivity index (χ1n) is 10.4. The van der Waals surface area contributed by atoms with E-state index in [-0.39, 0.29) is 16.2 Å². The summed E-state index contributed by atoms with van der Waals surface area (Å²) in [6.45, 7) is 1.86. The number of fused-ring (bicyclic) bond motifs is 1. The average Bonchev–Trinajstić information content (AvgIpc) is 2.84. The van der Waals surface area contributed by atoms with Crippen LogP contribution in [0.1, 0.15) is 11.1 Å². The van der Waals surface area contributed by atoms with Gasteiger partial charge in [0.15, 0.2) is 0 Å². The number of hydrogen-bond donors (Lipinski definition) is 1. The molecule has 0 spiro atoms. The van der Waals surface area contributed by atoms with Crippen LogP contribution in [-0.2, 0) is 14.9 Å². The molecule has 1 N–H and O–H groups in total. The maximum atomic E-state index is 12.7. The third kappa shape index (κ3) is 5.14. The molecule has 0 saturated heterocycles. The molecule has 34 heavy (non-hydrogen) atoms. The van der Waals surface area contributed by atoms with Gasteiger partial charge in [-0.3, -0.25) is 4.79 Å². The molecule has 0 heterocycles. The van der Waals surface area contributed by atoms with Gasteiger partial charge in [0.25, 0.3) is 5.91 Å². The largest absolute Gasteiger partial charge is 0.379 e. The molecule has 0 aliphatic rings. The number of anilines is 1. The Balaban J connectivity index is 1.50. The van der Waals surface area contributed by atoms with Crippen LogP contribution in [0.15, 0.2) is 101 Å². The van der Waals surface area contributed by atoms with Crippen molar-refractivity contribution in [1.29, 1.82) is 5.26 Å². The molecule has 4 rings (SSSR count). The second-order valence-electron chi connectivity index (χ2n) is 7.55. The summed E-state index contributed by atoms with van der Waals surface area (Å²) in [7, 11) is -4.03. The molecule has 0 aliphatic carbocycles. The minimum atomic E-state index is -4.03. The van der Waals surface area contributed by atoms with E-state index in [0.29, 0.717) is 11.3 Å². The van der Waals surface area contributed by atoms with E-state index in [0.717, 1.165) is 16.3 Å². The van der Waals surface area contributed by atoms with Gasteiger partial charge in [-0.25, -0.2) is 0 Å². The molecular weight excluding hydrogens is 448 g/mol. The second-order valence-corrected chi connectivity index (χ2v) is 9.10. The number of amides is 1. The molecule has 0 bridgehead atoms. The Labute approximate surface area is 197 Å². The van der Waals surface area contributed by atoms with E-state index < -0.39 is 16.0 Å². The molecule has 0 saturated carbocycles. The molecular formula is C27H20N2O4S. The van der Waals surface area contributed by atoms with Crippen molar-refractivity contribution in [2.75, 3.05) is 5.32 Å². The molecule has 0 aliphatic heterocycles. The summed E-state index contributed by atoms with van der Waals surface area (Å²) in [5, 5.41) is 13.9. The lowest BCUT2D eigenvalue weighted by atomic mass is 10.1. The van der Waals surface area contributed by atoms with Crippen LogP contribution in [0.4, 0.5) is 5.69 Å². The number of nitrogens with zero attached hydrogens (tertiary/aromatic N) is 1. The van der Waals surface area contributed by atoms with Gasteiger partial charge in [0.05, 0.1) is 0 Å².